The molecule has 2 aromatic rings. The molecule has 1 N–H and O–H groups in total. The number of aromatic nitrogens is 1. The topological polar surface area (TPSA) is 63.7 Å². The zero-order chi connectivity index (χ0) is 17.2. The van der Waals surface area contributed by atoms with Gasteiger partial charge in [-0.15, -0.1) is 0 Å². The van der Waals surface area contributed by atoms with E-state index in [9.17, 15) is 4.79 Å². The molecule has 128 valence electrons. The molecule has 0 atom stereocenters. The normalized spacial score (nSPS) is 10.1. The summed E-state index contributed by atoms with van der Waals surface area (Å²) >= 11 is 0. The van der Waals surface area contributed by atoms with Crippen molar-refractivity contribution in [3.8, 4) is 11.5 Å². The molecular formula is C18H23N3O3. The van der Waals surface area contributed by atoms with Gasteiger partial charge in [0.05, 0.1) is 13.7 Å². The Kier molecular flexibility index (Phi) is 6.89. The van der Waals surface area contributed by atoms with Crippen molar-refractivity contribution in [3.63, 3.8) is 0 Å². The molecule has 0 bridgehead atoms. The molecule has 0 saturated heterocycles. The van der Waals surface area contributed by atoms with Crippen LogP contribution >= 0.6 is 0 Å². The number of rotatable bonds is 8. The van der Waals surface area contributed by atoms with Crippen molar-refractivity contribution >= 4 is 6.03 Å². The van der Waals surface area contributed by atoms with Crippen LogP contribution in [0.15, 0.2) is 48.8 Å². The van der Waals surface area contributed by atoms with Gasteiger partial charge in [0.1, 0.15) is 18.1 Å². The summed E-state index contributed by atoms with van der Waals surface area (Å²) in [7, 11) is 3.37. The first-order valence-corrected chi connectivity index (χ1v) is 7.84. The Labute approximate surface area is 142 Å². The zero-order valence-corrected chi connectivity index (χ0v) is 14.1. The minimum absolute atomic E-state index is 0.114. The van der Waals surface area contributed by atoms with Crippen LogP contribution in [0.25, 0.3) is 0 Å². The number of methoxy groups -OCH3 is 1. The van der Waals surface area contributed by atoms with E-state index in [1.54, 1.807) is 31.5 Å². The SMILES string of the molecule is COc1ccc(OCCN(C)C(=O)NCCc2cccnc2)cc1. The van der Waals surface area contributed by atoms with Crippen molar-refractivity contribution in [2.45, 2.75) is 6.42 Å². The van der Waals surface area contributed by atoms with Crippen LogP contribution < -0.4 is 14.8 Å². The molecule has 1 aromatic carbocycles. The highest BCUT2D eigenvalue weighted by atomic mass is 16.5. The number of hydrogen-bond acceptors (Lipinski definition) is 4. The third-order valence-electron chi connectivity index (χ3n) is 3.51. The second-order valence-electron chi connectivity index (χ2n) is 5.29. The van der Waals surface area contributed by atoms with E-state index in [1.807, 2.05) is 36.4 Å². The van der Waals surface area contributed by atoms with Gasteiger partial charge in [0.25, 0.3) is 0 Å². The summed E-state index contributed by atoms with van der Waals surface area (Å²) in [5, 5.41) is 2.88. The maximum absolute atomic E-state index is 12.0. The number of nitrogens with zero attached hydrogens (tertiary/aromatic N) is 2. The molecule has 0 spiro atoms. The van der Waals surface area contributed by atoms with Gasteiger partial charge in [-0.25, -0.2) is 4.79 Å². The van der Waals surface area contributed by atoms with Gasteiger partial charge in [-0.1, -0.05) is 6.07 Å². The Balaban J connectivity index is 1.64. The van der Waals surface area contributed by atoms with Crippen LogP contribution in [-0.4, -0.2) is 49.8 Å². The van der Waals surface area contributed by atoms with Crippen molar-refractivity contribution in [3.05, 3.63) is 54.4 Å². The first-order chi connectivity index (χ1) is 11.7. The highest BCUT2D eigenvalue weighted by molar-refractivity contribution is 5.73. The summed E-state index contributed by atoms with van der Waals surface area (Å²) in [5.41, 5.74) is 1.10. The number of nitrogens with one attached hydrogen (secondary N) is 1. The first-order valence-electron chi connectivity index (χ1n) is 7.84. The van der Waals surface area contributed by atoms with Crippen LogP contribution in [0.5, 0.6) is 11.5 Å². The maximum Gasteiger partial charge on any atom is 0.317 e. The fraction of sp³-hybridized carbons (Fsp3) is 0.333. The molecule has 1 heterocycles. The Hall–Kier alpha value is -2.76. The lowest BCUT2D eigenvalue weighted by Gasteiger charge is -2.18. The Bertz CT molecular complexity index is 617. The molecule has 0 saturated carbocycles. The number of benzene rings is 1. The van der Waals surface area contributed by atoms with Crippen LogP contribution in [0.3, 0.4) is 0 Å². The average molecular weight is 329 g/mol. The molecule has 2 amide bonds. The van der Waals surface area contributed by atoms with Crippen molar-refractivity contribution in [1.29, 1.82) is 0 Å². The third-order valence-corrected chi connectivity index (χ3v) is 3.51. The predicted molar refractivity (Wildman–Crippen MR) is 92.5 cm³/mol. The molecule has 0 aliphatic carbocycles. The molecular weight excluding hydrogens is 306 g/mol. The van der Waals surface area contributed by atoms with E-state index in [-0.39, 0.29) is 6.03 Å². The van der Waals surface area contributed by atoms with E-state index < -0.39 is 0 Å². The molecule has 0 aliphatic rings. The summed E-state index contributed by atoms with van der Waals surface area (Å²) < 4.78 is 10.7. The maximum atomic E-state index is 12.0. The smallest absolute Gasteiger partial charge is 0.317 e. The Morgan fingerprint density at radius 1 is 1.21 bits per heavy atom. The third kappa shape index (κ3) is 5.79. The summed E-state index contributed by atoms with van der Waals surface area (Å²) in [6.07, 6.45) is 4.30. The van der Waals surface area contributed by atoms with E-state index in [4.69, 9.17) is 9.47 Å². The van der Waals surface area contributed by atoms with E-state index >= 15 is 0 Å². The number of carbonyl (C=O) groups is 1. The molecule has 0 unspecified atom stereocenters. The minimum Gasteiger partial charge on any atom is -0.497 e. The highest BCUT2D eigenvalue weighted by Crippen LogP contribution is 2.16. The molecule has 0 radical (unpaired) electrons. The van der Waals surface area contributed by atoms with E-state index in [0.29, 0.717) is 19.7 Å². The van der Waals surface area contributed by atoms with Gasteiger partial charge >= 0.3 is 6.03 Å². The number of carbonyl (C=O) groups excluding carboxylic acids is 1. The Morgan fingerprint density at radius 3 is 2.62 bits per heavy atom. The summed E-state index contributed by atoms with van der Waals surface area (Å²) in [6, 6.07) is 11.1. The Morgan fingerprint density at radius 2 is 1.96 bits per heavy atom. The molecule has 24 heavy (non-hydrogen) atoms. The van der Waals surface area contributed by atoms with E-state index in [1.165, 1.54) is 0 Å². The quantitative estimate of drug-likeness (QED) is 0.807. The summed E-state index contributed by atoms with van der Waals surface area (Å²) in [4.78, 5) is 17.6. The van der Waals surface area contributed by atoms with Gasteiger partial charge < -0.3 is 19.7 Å². The second kappa shape index (κ2) is 9.39. The van der Waals surface area contributed by atoms with Gasteiger partial charge in [-0.3, -0.25) is 4.98 Å². The van der Waals surface area contributed by atoms with Crippen LogP contribution in [0, 0.1) is 0 Å². The van der Waals surface area contributed by atoms with Crippen LogP contribution in [-0.2, 0) is 6.42 Å². The van der Waals surface area contributed by atoms with Crippen molar-refractivity contribution < 1.29 is 14.3 Å². The van der Waals surface area contributed by atoms with Gasteiger partial charge in [-0.05, 0) is 42.3 Å². The largest absolute Gasteiger partial charge is 0.497 e. The van der Waals surface area contributed by atoms with Gasteiger partial charge in [-0.2, -0.15) is 0 Å². The van der Waals surface area contributed by atoms with Crippen molar-refractivity contribution in [2.75, 3.05) is 33.9 Å². The average Bonchev–Trinajstić information content (AvgIpc) is 2.63. The molecule has 2 rings (SSSR count). The molecule has 6 heteroatoms. The summed E-state index contributed by atoms with van der Waals surface area (Å²) in [5.74, 6) is 1.54. The number of urea groups is 1. The van der Waals surface area contributed by atoms with Gasteiger partial charge in [0.2, 0.25) is 0 Å². The zero-order valence-electron chi connectivity index (χ0n) is 14.1. The number of pyridine rings is 1. The lowest BCUT2D eigenvalue weighted by Crippen LogP contribution is -2.40. The minimum atomic E-state index is -0.114. The lowest BCUT2D eigenvalue weighted by atomic mass is 10.2. The lowest BCUT2D eigenvalue weighted by molar-refractivity contribution is 0.195. The monoisotopic (exact) mass is 329 g/mol. The predicted octanol–water partition coefficient (Wildman–Crippen LogP) is 2.35. The molecule has 0 aliphatic heterocycles. The fourth-order valence-electron chi connectivity index (χ4n) is 2.07. The molecule has 6 nitrogen and oxygen atoms in total. The van der Waals surface area contributed by atoms with Crippen molar-refractivity contribution in [1.82, 2.24) is 15.2 Å². The van der Waals surface area contributed by atoms with E-state index in [2.05, 4.69) is 10.3 Å². The number of ether oxygens (including phenoxy) is 2. The number of likely N-dealkylation sites (N-methyl/N-ethyl adjacent to an activating group) is 1. The molecule has 1 aromatic heterocycles. The van der Waals surface area contributed by atoms with Gasteiger partial charge in [0, 0.05) is 26.0 Å². The van der Waals surface area contributed by atoms with Gasteiger partial charge in [0.15, 0.2) is 0 Å². The summed E-state index contributed by atoms with van der Waals surface area (Å²) in [6.45, 7) is 1.51. The highest BCUT2D eigenvalue weighted by Gasteiger charge is 2.07. The molecule has 0 fully saturated rings. The van der Waals surface area contributed by atoms with Crippen molar-refractivity contribution in [2.24, 2.45) is 0 Å². The van der Waals surface area contributed by atoms with Crippen LogP contribution in [0.2, 0.25) is 0 Å². The van der Waals surface area contributed by atoms with Crippen LogP contribution in [0.1, 0.15) is 5.56 Å². The van der Waals surface area contributed by atoms with E-state index in [0.717, 1.165) is 23.5 Å². The number of hydrogen-bond donors (Lipinski definition) is 1. The first kappa shape index (κ1) is 17.6. The van der Waals surface area contributed by atoms with Crippen LogP contribution in [0.4, 0.5) is 4.79 Å². The fourth-order valence-corrected chi connectivity index (χ4v) is 2.07. The number of amides is 2. The standard InChI is InChI=1S/C18H23N3O3/c1-21(12-13-24-17-7-5-16(23-2)6-8-17)18(22)20-11-9-15-4-3-10-19-14-15/h3-8,10,14H,9,11-13H2,1-2H3,(H,20,22). The second-order valence-corrected chi connectivity index (χ2v) is 5.29.